The van der Waals surface area contributed by atoms with Crippen LogP contribution in [0, 0.1) is 0 Å². The normalized spacial score (nSPS) is 14.1. The molecule has 2 heterocycles. The van der Waals surface area contributed by atoms with E-state index in [0.29, 0.717) is 44.7 Å². The number of carbonyl (C=O) groups is 3. The van der Waals surface area contributed by atoms with Gasteiger partial charge in [-0.25, -0.2) is 0 Å². The van der Waals surface area contributed by atoms with E-state index >= 15 is 0 Å². The van der Waals surface area contributed by atoms with Crippen LogP contribution in [0.15, 0.2) is 17.2 Å². The SMILES string of the molecule is CCCc1c(SCC)[nH]c2c(CN3CCN(CCNC(=O)CCCCCNC(=O)CCCCCN(C)OCCCC=O)CC3)c(O)ccc12. The van der Waals surface area contributed by atoms with Gasteiger partial charge in [0.05, 0.1) is 17.1 Å². The second-order valence-corrected chi connectivity index (χ2v) is 14.3. The zero-order valence-electron chi connectivity index (χ0n) is 30.3. The second-order valence-electron chi connectivity index (χ2n) is 13.0. The van der Waals surface area contributed by atoms with Gasteiger partial charge in [0, 0.05) is 96.2 Å². The highest BCUT2D eigenvalue weighted by molar-refractivity contribution is 7.99. The molecular weight excluding hydrogens is 641 g/mol. The summed E-state index contributed by atoms with van der Waals surface area (Å²) in [6, 6.07) is 3.92. The Balaban J connectivity index is 1.20. The van der Waals surface area contributed by atoms with Crippen molar-refractivity contribution in [1.29, 1.82) is 0 Å². The number of carbonyl (C=O) groups excluding carboxylic acids is 3. The van der Waals surface area contributed by atoms with Gasteiger partial charge in [-0.2, -0.15) is 5.06 Å². The minimum absolute atomic E-state index is 0.0919. The Morgan fingerprint density at radius 3 is 2.33 bits per heavy atom. The van der Waals surface area contributed by atoms with Crippen molar-refractivity contribution in [3.05, 3.63) is 23.3 Å². The molecule has 1 fully saturated rings. The van der Waals surface area contributed by atoms with Crippen LogP contribution in [-0.2, 0) is 32.2 Å². The van der Waals surface area contributed by atoms with Gasteiger partial charge in [-0.15, -0.1) is 11.8 Å². The molecule has 12 heteroatoms. The first-order valence-corrected chi connectivity index (χ1v) is 19.6. The van der Waals surface area contributed by atoms with E-state index < -0.39 is 0 Å². The summed E-state index contributed by atoms with van der Waals surface area (Å²) >= 11 is 1.84. The minimum atomic E-state index is 0.0919. The Bertz CT molecular complexity index is 1270. The third-order valence-electron chi connectivity index (χ3n) is 9.07. The first-order chi connectivity index (χ1) is 23.9. The number of phenolic OH excluding ortho intramolecular Hbond substituents is 1. The van der Waals surface area contributed by atoms with E-state index in [2.05, 4.69) is 45.3 Å². The molecular formula is C37H62N6O5S. The highest BCUT2D eigenvalue weighted by atomic mass is 32.2. The Morgan fingerprint density at radius 1 is 0.939 bits per heavy atom. The standard InChI is InChI=1S/C37H62N6O5S/c1-4-14-31-30-17-18-33(45)32(36(30)40-37(31)49-5-2)29-43-25-23-42(24-26-43)22-20-39-35(47)15-8-6-10-19-38-34(46)16-9-7-11-21-41(3)48-28-13-12-27-44/h17-18,27,40,45H,4-16,19-26,28-29H2,1-3H3,(H,38,46)(H,39,47). The van der Waals surface area contributed by atoms with Gasteiger partial charge in [-0.05, 0) is 62.0 Å². The quantitative estimate of drug-likeness (QED) is 0.0450. The van der Waals surface area contributed by atoms with Crippen molar-refractivity contribution >= 4 is 40.8 Å². The first-order valence-electron chi connectivity index (χ1n) is 18.6. The fourth-order valence-corrected chi connectivity index (χ4v) is 7.11. The highest BCUT2D eigenvalue weighted by Crippen LogP contribution is 2.36. The van der Waals surface area contributed by atoms with Crippen LogP contribution in [0.4, 0.5) is 0 Å². The number of H-pyrrole nitrogens is 1. The number of aromatic nitrogens is 1. The lowest BCUT2D eigenvalue weighted by molar-refractivity contribution is -0.142. The number of rotatable bonds is 26. The lowest BCUT2D eigenvalue weighted by atomic mass is 10.0. The monoisotopic (exact) mass is 702 g/mol. The van der Waals surface area contributed by atoms with Gasteiger partial charge >= 0.3 is 0 Å². The fourth-order valence-electron chi connectivity index (χ4n) is 6.26. The molecule has 1 aromatic carbocycles. The molecule has 11 nitrogen and oxygen atoms in total. The van der Waals surface area contributed by atoms with Crippen LogP contribution >= 0.6 is 11.8 Å². The van der Waals surface area contributed by atoms with Gasteiger partial charge in [0.2, 0.25) is 11.8 Å². The number of hydroxylamine groups is 2. The van der Waals surface area contributed by atoms with Crippen molar-refractivity contribution in [1.82, 2.24) is 30.5 Å². The molecule has 0 radical (unpaired) electrons. The zero-order chi connectivity index (χ0) is 35.3. The molecule has 0 bridgehead atoms. The average Bonchev–Trinajstić information content (AvgIpc) is 3.43. The van der Waals surface area contributed by atoms with Crippen LogP contribution in [0.1, 0.15) is 95.6 Å². The molecule has 0 spiro atoms. The number of hydrogen-bond donors (Lipinski definition) is 4. The summed E-state index contributed by atoms with van der Waals surface area (Å²) in [4.78, 5) is 48.7. The summed E-state index contributed by atoms with van der Waals surface area (Å²) in [6.07, 6.45) is 10.8. The zero-order valence-corrected chi connectivity index (χ0v) is 31.1. The lowest BCUT2D eigenvalue weighted by Gasteiger charge is -2.34. The minimum Gasteiger partial charge on any atom is -0.508 e. The molecule has 49 heavy (non-hydrogen) atoms. The first kappa shape index (κ1) is 40.8. The molecule has 0 atom stereocenters. The topological polar surface area (TPSA) is 130 Å². The van der Waals surface area contributed by atoms with Crippen molar-refractivity contribution < 1.29 is 24.3 Å². The maximum Gasteiger partial charge on any atom is 0.220 e. The third kappa shape index (κ3) is 15.0. The predicted molar refractivity (Wildman–Crippen MR) is 199 cm³/mol. The van der Waals surface area contributed by atoms with Crippen molar-refractivity contribution in [3.8, 4) is 5.75 Å². The van der Waals surface area contributed by atoms with E-state index in [1.807, 2.05) is 24.9 Å². The van der Waals surface area contributed by atoms with Crippen molar-refractivity contribution in [2.24, 2.45) is 0 Å². The van der Waals surface area contributed by atoms with Crippen molar-refractivity contribution in [3.63, 3.8) is 0 Å². The van der Waals surface area contributed by atoms with Crippen LogP contribution in [0.25, 0.3) is 10.9 Å². The molecule has 1 aliphatic rings. The summed E-state index contributed by atoms with van der Waals surface area (Å²) in [5, 5.41) is 21.1. The van der Waals surface area contributed by atoms with Crippen molar-refractivity contribution in [2.75, 3.05) is 71.8 Å². The van der Waals surface area contributed by atoms with E-state index in [0.717, 1.165) is 127 Å². The van der Waals surface area contributed by atoms with Gasteiger partial charge in [0.1, 0.15) is 12.0 Å². The Hall–Kier alpha value is -2.64. The molecule has 0 unspecified atom stereocenters. The lowest BCUT2D eigenvalue weighted by Crippen LogP contribution is -2.48. The molecule has 276 valence electrons. The van der Waals surface area contributed by atoms with Gasteiger partial charge in [0.25, 0.3) is 0 Å². The number of aldehydes is 1. The summed E-state index contributed by atoms with van der Waals surface area (Å²) in [6.45, 7) is 12.4. The predicted octanol–water partition coefficient (Wildman–Crippen LogP) is 5.25. The fraction of sp³-hybridized carbons (Fsp3) is 0.703. The van der Waals surface area contributed by atoms with Crippen LogP contribution in [0.2, 0.25) is 0 Å². The number of benzene rings is 1. The van der Waals surface area contributed by atoms with Crippen LogP contribution in [-0.4, -0.2) is 115 Å². The number of thioether (sulfide) groups is 1. The van der Waals surface area contributed by atoms with E-state index in [1.54, 1.807) is 5.06 Å². The summed E-state index contributed by atoms with van der Waals surface area (Å²) in [5.41, 5.74) is 3.44. The Morgan fingerprint density at radius 2 is 1.63 bits per heavy atom. The molecule has 4 N–H and O–H groups in total. The van der Waals surface area contributed by atoms with Crippen LogP contribution in [0.3, 0.4) is 0 Å². The number of nitrogens with one attached hydrogen (secondary N) is 3. The molecule has 1 aliphatic heterocycles. The maximum atomic E-state index is 12.4. The third-order valence-corrected chi connectivity index (χ3v) is 9.99. The van der Waals surface area contributed by atoms with Gasteiger partial charge in [-0.1, -0.05) is 33.1 Å². The summed E-state index contributed by atoms with van der Waals surface area (Å²) in [5.74, 6) is 1.56. The number of amides is 2. The van der Waals surface area contributed by atoms with E-state index in [9.17, 15) is 19.5 Å². The van der Waals surface area contributed by atoms with Gasteiger partial charge in [-0.3, -0.25) is 24.2 Å². The van der Waals surface area contributed by atoms with E-state index in [-0.39, 0.29) is 11.8 Å². The number of fused-ring (bicyclic) bond motifs is 1. The number of unbranched alkanes of at least 4 members (excludes halogenated alkanes) is 5. The summed E-state index contributed by atoms with van der Waals surface area (Å²) < 4.78 is 0. The number of aromatic hydroxyl groups is 1. The Labute approximate surface area is 298 Å². The van der Waals surface area contributed by atoms with Crippen LogP contribution in [0.5, 0.6) is 5.75 Å². The molecule has 0 aliphatic carbocycles. The number of aromatic amines is 1. The summed E-state index contributed by atoms with van der Waals surface area (Å²) in [7, 11) is 1.89. The van der Waals surface area contributed by atoms with Crippen molar-refractivity contribution in [2.45, 2.75) is 102 Å². The number of nitrogens with zero attached hydrogens (tertiary/aromatic N) is 3. The number of phenols is 1. The molecule has 0 saturated carbocycles. The molecule has 3 rings (SSSR count). The Kier molecular flexibility index (Phi) is 19.7. The van der Waals surface area contributed by atoms with Gasteiger partial charge < -0.3 is 25.5 Å². The average molecular weight is 703 g/mol. The smallest absolute Gasteiger partial charge is 0.220 e. The number of hydrogen-bond acceptors (Lipinski definition) is 9. The van der Waals surface area contributed by atoms with E-state index in [1.165, 1.54) is 16.0 Å². The number of piperazine rings is 1. The maximum absolute atomic E-state index is 12.4. The molecule has 2 amide bonds. The molecule has 1 saturated heterocycles. The molecule has 2 aromatic rings. The molecule has 1 aromatic heterocycles. The van der Waals surface area contributed by atoms with Crippen LogP contribution < -0.4 is 10.6 Å². The second kappa shape index (κ2) is 23.7. The van der Waals surface area contributed by atoms with Gasteiger partial charge in [0.15, 0.2) is 0 Å². The highest BCUT2D eigenvalue weighted by Gasteiger charge is 2.21. The number of aryl methyl sites for hydroxylation is 1. The largest absolute Gasteiger partial charge is 0.508 e. The van der Waals surface area contributed by atoms with E-state index in [4.69, 9.17) is 4.84 Å².